The third-order valence-electron chi connectivity index (χ3n) is 4.78. The van der Waals surface area contributed by atoms with Gasteiger partial charge in [0.1, 0.15) is 12.2 Å². The van der Waals surface area contributed by atoms with E-state index in [0.717, 1.165) is 10.9 Å². The molecule has 3 aromatic carbocycles. The van der Waals surface area contributed by atoms with Crippen LogP contribution < -0.4 is 14.9 Å². The fraction of sp³-hybridized carbons (Fsp3) is 0.120. The van der Waals surface area contributed by atoms with E-state index in [4.69, 9.17) is 37.1 Å². The van der Waals surface area contributed by atoms with Crippen molar-refractivity contribution in [1.29, 1.82) is 0 Å². The van der Waals surface area contributed by atoms with E-state index in [1.807, 2.05) is 31.2 Å². The molecule has 6 nitrogen and oxygen atoms in total. The molecule has 0 atom stereocenters. The van der Waals surface area contributed by atoms with Gasteiger partial charge in [-0.25, -0.2) is 5.43 Å². The van der Waals surface area contributed by atoms with Crippen LogP contribution in [0.4, 0.5) is 0 Å². The Bertz CT molecular complexity index is 1370. The van der Waals surface area contributed by atoms with Crippen LogP contribution in [0, 0.1) is 0 Å². The smallest absolute Gasteiger partial charge is 0.307 e. The maximum absolute atomic E-state index is 12.4. The number of rotatable bonds is 8. The first kappa shape index (κ1) is 24.1. The molecule has 0 aliphatic rings. The van der Waals surface area contributed by atoms with E-state index in [9.17, 15) is 4.79 Å². The van der Waals surface area contributed by atoms with Crippen LogP contribution in [-0.2, 0) is 6.61 Å². The molecule has 34 heavy (non-hydrogen) atoms. The number of furan rings is 1. The second-order valence-electron chi connectivity index (χ2n) is 7.13. The average Bonchev–Trinajstić information content (AvgIpc) is 3.24. The van der Waals surface area contributed by atoms with E-state index in [1.54, 1.807) is 36.4 Å². The van der Waals surface area contributed by atoms with Crippen molar-refractivity contribution in [3.63, 3.8) is 0 Å². The third kappa shape index (κ3) is 5.73. The number of nitrogens with zero attached hydrogens (tertiary/aromatic N) is 1. The van der Waals surface area contributed by atoms with Crippen molar-refractivity contribution in [1.82, 2.24) is 5.43 Å². The molecule has 0 saturated heterocycles. The van der Waals surface area contributed by atoms with Gasteiger partial charge in [-0.3, -0.25) is 4.79 Å². The van der Waals surface area contributed by atoms with Crippen LogP contribution in [-0.4, -0.2) is 18.7 Å². The van der Waals surface area contributed by atoms with Crippen molar-refractivity contribution >= 4 is 62.2 Å². The molecular formula is C25H19BrCl2N2O4. The molecule has 0 aliphatic heterocycles. The van der Waals surface area contributed by atoms with E-state index in [0.29, 0.717) is 50.4 Å². The van der Waals surface area contributed by atoms with E-state index in [2.05, 4.69) is 26.5 Å². The molecule has 1 aromatic heterocycles. The minimum Gasteiger partial charge on any atom is -0.490 e. The highest BCUT2D eigenvalue weighted by Gasteiger charge is 2.13. The lowest BCUT2D eigenvalue weighted by Crippen LogP contribution is -2.16. The van der Waals surface area contributed by atoms with Gasteiger partial charge in [-0.05, 0) is 65.3 Å². The summed E-state index contributed by atoms with van der Waals surface area (Å²) in [5.41, 5.74) is 4.58. The monoisotopic (exact) mass is 560 g/mol. The highest BCUT2D eigenvalue weighted by molar-refractivity contribution is 9.10. The summed E-state index contributed by atoms with van der Waals surface area (Å²) in [6.07, 6.45) is 1.50. The highest BCUT2D eigenvalue weighted by Crippen LogP contribution is 2.34. The molecule has 0 bridgehead atoms. The van der Waals surface area contributed by atoms with Gasteiger partial charge in [-0.15, -0.1) is 0 Å². The summed E-state index contributed by atoms with van der Waals surface area (Å²) in [6, 6.07) is 17.8. The number of amides is 1. The van der Waals surface area contributed by atoms with Gasteiger partial charge in [0.25, 0.3) is 0 Å². The fourth-order valence-corrected chi connectivity index (χ4v) is 3.94. The average molecular weight is 562 g/mol. The van der Waals surface area contributed by atoms with Crippen molar-refractivity contribution in [2.75, 3.05) is 6.61 Å². The predicted octanol–water partition coefficient (Wildman–Crippen LogP) is 7.24. The van der Waals surface area contributed by atoms with Crippen molar-refractivity contribution < 1.29 is 18.7 Å². The van der Waals surface area contributed by atoms with E-state index >= 15 is 0 Å². The standard InChI is InChI=1S/C25H19BrCl2N2O4/c1-2-32-22-11-17(19(26)12-23(22)33-14-15-5-3-4-6-20(15)28)13-29-30-25(31)24-10-16-9-18(27)7-8-21(16)34-24/h3-13H,2,14H2,1H3,(H,30,31)/b29-13+. The summed E-state index contributed by atoms with van der Waals surface area (Å²) in [5.74, 6) is 0.742. The number of hydrogen-bond donors (Lipinski definition) is 1. The summed E-state index contributed by atoms with van der Waals surface area (Å²) in [5, 5.41) is 5.98. The molecular weight excluding hydrogens is 543 g/mol. The van der Waals surface area contributed by atoms with Crippen LogP contribution >= 0.6 is 39.1 Å². The fourth-order valence-electron chi connectivity index (χ4n) is 3.14. The lowest BCUT2D eigenvalue weighted by molar-refractivity contribution is 0.0929. The largest absolute Gasteiger partial charge is 0.490 e. The normalized spacial score (nSPS) is 11.2. The number of fused-ring (bicyclic) bond motifs is 1. The van der Waals surface area contributed by atoms with Crippen molar-refractivity contribution in [2.45, 2.75) is 13.5 Å². The van der Waals surface area contributed by atoms with Gasteiger partial charge in [0.15, 0.2) is 17.3 Å². The molecule has 4 rings (SSSR count). The first-order chi connectivity index (χ1) is 16.4. The van der Waals surface area contributed by atoms with Gasteiger partial charge in [0.2, 0.25) is 0 Å². The molecule has 0 unspecified atom stereocenters. The summed E-state index contributed by atoms with van der Waals surface area (Å²) >= 11 is 15.7. The topological polar surface area (TPSA) is 73.1 Å². The number of hydrazone groups is 1. The summed E-state index contributed by atoms with van der Waals surface area (Å²) in [6.45, 7) is 2.63. The summed E-state index contributed by atoms with van der Waals surface area (Å²) in [4.78, 5) is 12.4. The molecule has 0 aliphatic carbocycles. The number of carbonyl (C=O) groups excluding carboxylic acids is 1. The molecule has 0 fully saturated rings. The molecule has 0 spiro atoms. The van der Waals surface area contributed by atoms with Gasteiger partial charge in [-0.1, -0.05) is 41.4 Å². The number of halogens is 3. The van der Waals surface area contributed by atoms with Crippen LogP contribution in [0.1, 0.15) is 28.6 Å². The molecule has 9 heteroatoms. The lowest BCUT2D eigenvalue weighted by Gasteiger charge is -2.14. The number of hydrogen-bond acceptors (Lipinski definition) is 5. The maximum Gasteiger partial charge on any atom is 0.307 e. The van der Waals surface area contributed by atoms with Gasteiger partial charge in [0.05, 0.1) is 12.8 Å². The van der Waals surface area contributed by atoms with Crippen LogP contribution in [0.15, 0.2) is 74.7 Å². The molecule has 1 N–H and O–H groups in total. The van der Waals surface area contributed by atoms with E-state index < -0.39 is 5.91 Å². The van der Waals surface area contributed by atoms with Crippen LogP contribution in [0.5, 0.6) is 11.5 Å². The summed E-state index contributed by atoms with van der Waals surface area (Å²) in [7, 11) is 0. The third-order valence-corrected chi connectivity index (χ3v) is 6.07. The highest BCUT2D eigenvalue weighted by atomic mass is 79.9. The molecule has 1 heterocycles. The Morgan fingerprint density at radius 3 is 2.68 bits per heavy atom. The lowest BCUT2D eigenvalue weighted by atomic mass is 10.2. The second kappa shape index (κ2) is 11.0. The van der Waals surface area contributed by atoms with Gasteiger partial charge >= 0.3 is 5.91 Å². The van der Waals surface area contributed by atoms with Crippen LogP contribution in [0.2, 0.25) is 10.0 Å². The first-order valence-electron chi connectivity index (χ1n) is 10.3. The Labute approximate surface area is 214 Å². The SMILES string of the molecule is CCOc1cc(/C=N/NC(=O)c2cc3cc(Cl)ccc3o2)c(Br)cc1OCc1ccccc1Cl. The Balaban J connectivity index is 1.47. The zero-order valence-corrected chi connectivity index (χ0v) is 21.1. The van der Waals surface area contributed by atoms with Crippen molar-refractivity contribution in [3.8, 4) is 11.5 Å². The minimum absolute atomic E-state index is 0.131. The first-order valence-corrected chi connectivity index (χ1v) is 11.8. The Morgan fingerprint density at radius 1 is 1.09 bits per heavy atom. The van der Waals surface area contributed by atoms with E-state index in [-0.39, 0.29) is 5.76 Å². The molecule has 0 radical (unpaired) electrons. The van der Waals surface area contributed by atoms with Gasteiger partial charge in [-0.2, -0.15) is 5.10 Å². The zero-order valence-electron chi connectivity index (χ0n) is 18.0. The van der Waals surface area contributed by atoms with Gasteiger partial charge in [0, 0.05) is 31.0 Å². The van der Waals surface area contributed by atoms with Crippen molar-refractivity contribution in [2.24, 2.45) is 5.10 Å². The molecule has 4 aromatic rings. The Kier molecular flexibility index (Phi) is 7.77. The Morgan fingerprint density at radius 2 is 1.88 bits per heavy atom. The van der Waals surface area contributed by atoms with Crippen LogP contribution in [0.3, 0.4) is 0 Å². The maximum atomic E-state index is 12.4. The zero-order chi connectivity index (χ0) is 24.1. The van der Waals surface area contributed by atoms with E-state index in [1.165, 1.54) is 6.21 Å². The summed E-state index contributed by atoms with van der Waals surface area (Å²) < 4.78 is 18.0. The molecule has 174 valence electrons. The predicted molar refractivity (Wildman–Crippen MR) is 137 cm³/mol. The second-order valence-corrected chi connectivity index (χ2v) is 8.82. The number of nitrogens with one attached hydrogen (secondary N) is 1. The van der Waals surface area contributed by atoms with Crippen molar-refractivity contribution in [3.05, 3.63) is 92.1 Å². The number of carbonyl (C=O) groups is 1. The molecule has 1 amide bonds. The number of benzene rings is 3. The van der Waals surface area contributed by atoms with Crippen LogP contribution in [0.25, 0.3) is 11.0 Å². The van der Waals surface area contributed by atoms with Gasteiger partial charge < -0.3 is 13.9 Å². The quantitative estimate of drug-likeness (QED) is 0.182. The minimum atomic E-state index is -0.482. The Hall–Kier alpha value is -3.00. The number of ether oxygens (including phenoxy) is 2. The molecule has 0 saturated carbocycles.